The highest BCUT2D eigenvalue weighted by Crippen LogP contribution is 2.38. The Morgan fingerprint density at radius 2 is 1.11 bits per heavy atom. The van der Waals surface area contributed by atoms with Gasteiger partial charge in [0.2, 0.25) is 0 Å². The molecular formula is C47H40Cl3N5O7. The number of carboxylic acids is 1. The van der Waals surface area contributed by atoms with E-state index < -0.39 is 18.1 Å². The van der Waals surface area contributed by atoms with E-state index in [1.807, 2.05) is 50.2 Å². The second-order valence-electron chi connectivity index (χ2n) is 14.5. The third kappa shape index (κ3) is 10.9. The van der Waals surface area contributed by atoms with Gasteiger partial charge >= 0.3 is 5.97 Å². The summed E-state index contributed by atoms with van der Waals surface area (Å²) in [7, 11) is 0. The molecule has 0 fully saturated rings. The summed E-state index contributed by atoms with van der Waals surface area (Å²) in [6, 6.07) is 25.9. The molecule has 0 aliphatic rings. The number of aliphatic hydroxyl groups is 1. The van der Waals surface area contributed by atoms with E-state index in [0.29, 0.717) is 60.9 Å². The zero-order valence-corrected chi connectivity index (χ0v) is 36.1. The topological polar surface area (TPSA) is 180 Å². The first-order chi connectivity index (χ1) is 29.8. The zero-order valence-electron chi connectivity index (χ0n) is 33.8. The van der Waals surface area contributed by atoms with Crippen LogP contribution in [0.15, 0.2) is 97.6 Å². The Kier molecular flexibility index (Phi) is 14.9. The lowest BCUT2D eigenvalue weighted by molar-refractivity contribution is -0.145. The lowest BCUT2D eigenvalue weighted by Gasteiger charge is -2.25. The van der Waals surface area contributed by atoms with Gasteiger partial charge in [-0.05, 0) is 78.4 Å². The number of halogens is 3. The van der Waals surface area contributed by atoms with E-state index in [2.05, 4.69) is 27.4 Å². The Morgan fingerprint density at radius 1 is 0.661 bits per heavy atom. The van der Waals surface area contributed by atoms with Gasteiger partial charge in [-0.3, -0.25) is 20.1 Å². The number of hydrogen-bond donors (Lipinski definition) is 3. The number of aromatic nitrogens is 2. The third-order valence-corrected chi connectivity index (χ3v) is 11.0. The molecular weight excluding hydrogens is 853 g/mol. The van der Waals surface area contributed by atoms with Gasteiger partial charge in [0, 0.05) is 60.2 Å². The lowest BCUT2D eigenvalue weighted by atomic mass is 9.92. The van der Waals surface area contributed by atoms with Crippen LogP contribution in [0.5, 0.6) is 23.0 Å². The summed E-state index contributed by atoms with van der Waals surface area (Å²) in [6.45, 7) is 5.34. The van der Waals surface area contributed by atoms with Crippen molar-refractivity contribution in [3.8, 4) is 46.3 Å². The number of rotatable bonds is 18. The first-order valence-electron chi connectivity index (χ1n) is 19.1. The van der Waals surface area contributed by atoms with Crippen LogP contribution in [0.3, 0.4) is 0 Å². The minimum atomic E-state index is -1.62. The summed E-state index contributed by atoms with van der Waals surface area (Å²) < 4.78 is 24.7. The Bertz CT molecular complexity index is 2700. The molecule has 0 saturated heterocycles. The van der Waals surface area contributed by atoms with Gasteiger partial charge in [-0.25, -0.2) is 0 Å². The average molecular weight is 893 g/mol. The van der Waals surface area contributed by atoms with Gasteiger partial charge in [0.1, 0.15) is 67.1 Å². The fourth-order valence-corrected chi connectivity index (χ4v) is 7.07. The fourth-order valence-electron chi connectivity index (χ4n) is 6.33. The van der Waals surface area contributed by atoms with Crippen molar-refractivity contribution in [3.05, 3.63) is 163 Å². The van der Waals surface area contributed by atoms with Crippen LogP contribution in [0, 0.1) is 36.5 Å². The number of hydrogen-bond acceptors (Lipinski definition) is 11. The van der Waals surface area contributed by atoms with E-state index in [9.17, 15) is 25.5 Å². The van der Waals surface area contributed by atoms with E-state index in [-0.39, 0.29) is 38.0 Å². The van der Waals surface area contributed by atoms with Gasteiger partial charge in [0.05, 0.1) is 32.8 Å². The number of nitrogens with zero attached hydrogens (tertiary/aromatic N) is 4. The van der Waals surface area contributed by atoms with Crippen LogP contribution in [0.1, 0.15) is 57.0 Å². The maximum atomic E-state index is 11.9. The van der Waals surface area contributed by atoms with Crippen molar-refractivity contribution >= 4 is 40.8 Å². The molecule has 0 radical (unpaired) electrons. The minimum absolute atomic E-state index is 0.000452. The Labute approximate surface area is 373 Å². The number of aliphatic carboxylic acids is 1. The fraction of sp³-hybridized carbons (Fsp3) is 0.213. The van der Waals surface area contributed by atoms with Crippen LogP contribution in [0.25, 0.3) is 11.1 Å². The average Bonchev–Trinajstić information content (AvgIpc) is 3.27. The summed E-state index contributed by atoms with van der Waals surface area (Å²) >= 11 is 19.8. The SMILES string of the molecule is Cc1c(COc2cc(OCc3cncc(C#N)c3)c(Cl)cc2Cl)cccc1-c1cccc(COc2cc(OCc3cncc(C#N)c3)c(CNC(C)(CO)C(=O)O)cc2Cl)c1C. The Hall–Kier alpha value is -6.38. The summed E-state index contributed by atoms with van der Waals surface area (Å²) in [4.78, 5) is 20.0. The smallest absolute Gasteiger partial charge is 0.326 e. The van der Waals surface area contributed by atoms with Crippen molar-refractivity contribution in [1.82, 2.24) is 15.3 Å². The number of aliphatic hydroxyl groups excluding tert-OH is 1. The number of carbonyl (C=O) groups is 1. The molecule has 12 nitrogen and oxygen atoms in total. The van der Waals surface area contributed by atoms with E-state index >= 15 is 0 Å². The number of ether oxygens (including phenoxy) is 4. The monoisotopic (exact) mass is 891 g/mol. The normalized spacial score (nSPS) is 11.8. The van der Waals surface area contributed by atoms with E-state index in [1.165, 1.54) is 19.3 Å². The van der Waals surface area contributed by atoms with E-state index in [1.54, 1.807) is 48.8 Å². The summed E-state index contributed by atoms with van der Waals surface area (Å²) in [5, 5.41) is 41.8. The molecule has 0 bridgehead atoms. The molecule has 0 spiro atoms. The maximum Gasteiger partial charge on any atom is 0.326 e. The molecule has 1 unspecified atom stereocenters. The predicted octanol–water partition coefficient (Wildman–Crippen LogP) is 9.71. The Balaban J connectivity index is 1.19. The van der Waals surface area contributed by atoms with Gasteiger partial charge < -0.3 is 29.2 Å². The summed E-state index contributed by atoms with van der Waals surface area (Å²) in [5.41, 5.74) is 6.89. The molecule has 0 saturated carbocycles. The maximum absolute atomic E-state index is 11.9. The van der Waals surface area contributed by atoms with Crippen LogP contribution < -0.4 is 24.3 Å². The molecule has 15 heteroatoms. The van der Waals surface area contributed by atoms with Crippen LogP contribution in [-0.4, -0.2) is 38.3 Å². The minimum Gasteiger partial charge on any atom is -0.488 e. The van der Waals surface area contributed by atoms with E-state index in [4.69, 9.17) is 53.8 Å². The van der Waals surface area contributed by atoms with Crippen molar-refractivity contribution in [3.63, 3.8) is 0 Å². The standard InChI is InChI=1S/C47H40Cl3N5O7/c1-28-34(25-61-43-14-42(59-23-32-10-30(16-51)18-53-20-32)36(12-39(43)48)22-55-47(3,27-56)46(57)58)6-4-8-37(28)38-9-5-7-35(29(38)2)26-62-45-15-44(40(49)13-41(45)50)60-24-33-11-31(17-52)19-54-21-33/h4-15,18-21,55-56H,22-27H2,1-3H3,(H,57,58). The predicted molar refractivity (Wildman–Crippen MR) is 234 cm³/mol. The second kappa shape index (κ2) is 20.5. The largest absolute Gasteiger partial charge is 0.488 e. The van der Waals surface area contributed by atoms with Crippen molar-refractivity contribution in [2.24, 2.45) is 0 Å². The van der Waals surface area contributed by atoms with Gasteiger partial charge in [-0.15, -0.1) is 0 Å². The molecule has 2 heterocycles. The van der Waals surface area contributed by atoms with Crippen molar-refractivity contribution in [2.75, 3.05) is 6.61 Å². The number of nitrogens with one attached hydrogen (secondary N) is 1. The quantitative estimate of drug-likeness (QED) is 0.0745. The Morgan fingerprint density at radius 3 is 1.58 bits per heavy atom. The van der Waals surface area contributed by atoms with Crippen molar-refractivity contribution in [1.29, 1.82) is 10.5 Å². The second-order valence-corrected chi connectivity index (χ2v) is 15.7. The molecule has 3 N–H and O–H groups in total. The number of nitriles is 2. The molecule has 2 aromatic heterocycles. The van der Waals surface area contributed by atoms with Crippen molar-refractivity contribution in [2.45, 2.75) is 59.3 Å². The molecule has 6 aromatic rings. The summed E-state index contributed by atoms with van der Waals surface area (Å²) in [6.07, 6.45) is 6.12. The molecule has 62 heavy (non-hydrogen) atoms. The molecule has 316 valence electrons. The molecule has 0 aliphatic carbocycles. The van der Waals surface area contributed by atoms with Crippen LogP contribution in [0.4, 0.5) is 0 Å². The third-order valence-electron chi connectivity index (χ3n) is 10.1. The number of carboxylic acid groups (broad SMARTS) is 1. The highest BCUT2D eigenvalue weighted by molar-refractivity contribution is 6.36. The van der Waals surface area contributed by atoms with Crippen LogP contribution in [0.2, 0.25) is 15.1 Å². The highest BCUT2D eigenvalue weighted by atomic mass is 35.5. The highest BCUT2D eigenvalue weighted by Gasteiger charge is 2.32. The van der Waals surface area contributed by atoms with Gasteiger partial charge in [-0.2, -0.15) is 10.5 Å². The molecule has 0 aliphatic heterocycles. The van der Waals surface area contributed by atoms with Crippen LogP contribution >= 0.6 is 34.8 Å². The molecule has 4 aromatic carbocycles. The van der Waals surface area contributed by atoms with E-state index in [0.717, 1.165) is 33.4 Å². The number of pyridine rings is 2. The van der Waals surface area contributed by atoms with Gasteiger partial charge in [0.15, 0.2) is 0 Å². The first-order valence-corrected chi connectivity index (χ1v) is 20.2. The van der Waals surface area contributed by atoms with Gasteiger partial charge in [-0.1, -0.05) is 71.2 Å². The van der Waals surface area contributed by atoms with Crippen molar-refractivity contribution < 1.29 is 34.0 Å². The van der Waals surface area contributed by atoms with Crippen LogP contribution in [-0.2, 0) is 37.8 Å². The zero-order chi connectivity index (χ0) is 44.4. The number of benzene rings is 4. The summed E-state index contributed by atoms with van der Waals surface area (Å²) in [5.74, 6) is 0.221. The molecule has 1 atom stereocenters. The lowest BCUT2D eigenvalue weighted by Crippen LogP contribution is -2.52. The molecule has 0 amide bonds. The molecule has 6 rings (SSSR count). The van der Waals surface area contributed by atoms with Gasteiger partial charge in [0.25, 0.3) is 0 Å². The first kappa shape index (κ1) is 45.2.